The van der Waals surface area contributed by atoms with E-state index in [9.17, 15) is 9.59 Å². The molecule has 2 heterocycles. The summed E-state index contributed by atoms with van der Waals surface area (Å²) in [5.74, 6) is 2.14. The lowest BCUT2D eigenvalue weighted by atomic mass is 10.0. The molecule has 0 aliphatic carbocycles. The predicted molar refractivity (Wildman–Crippen MR) is 109 cm³/mol. The Morgan fingerprint density at radius 1 is 0.933 bits per heavy atom. The van der Waals surface area contributed by atoms with Gasteiger partial charge in [0.05, 0.1) is 14.2 Å². The molecule has 2 amide bonds. The maximum Gasteiger partial charge on any atom is 0.254 e. The highest BCUT2D eigenvalue weighted by molar-refractivity contribution is 5.96. The number of ether oxygens (including phenoxy) is 4. The summed E-state index contributed by atoms with van der Waals surface area (Å²) < 4.78 is 21.1. The van der Waals surface area contributed by atoms with E-state index in [0.717, 1.165) is 0 Å². The number of amides is 2. The van der Waals surface area contributed by atoms with Gasteiger partial charge >= 0.3 is 0 Å². The number of hydrogen-bond acceptors (Lipinski definition) is 6. The number of hydrogen-bond donors (Lipinski definition) is 1. The molecular formula is C22H24N2O6. The highest BCUT2D eigenvalue weighted by Gasteiger charge is 2.26. The molecule has 1 N–H and O–H groups in total. The predicted octanol–water partition coefficient (Wildman–Crippen LogP) is 2.47. The van der Waals surface area contributed by atoms with Gasteiger partial charge in [-0.2, -0.15) is 0 Å². The maximum atomic E-state index is 12.9. The van der Waals surface area contributed by atoms with Gasteiger partial charge in [0.2, 0.25) is 6.79 Å². The molecule has 8 nitrogen and oxygen atoms in total. The number of carbonyl (C=O) groups is 2. The first-order valence-electron chi connectivity index (χ1n) is 9.80. The van der Waals surface area contributed by atoms with E-state index in [4.69, 9.17) is 18.9 Å². The summed E-state index contributed by atoms with van der Waals surface area (Å²) in [6.07, 6.45) is 1.37. The standard InChI is InChI=1S/C22H24N2O6/c1-27-17-9-15(10-18(12-17)28-2)22(26)24-7-5-16(6-8-24)23-21(25)14-3-4-19-20(11-14)30-13-29-19/h3-4,9-12,16H,5-8,13H2,1-2H3,(H,23,25). The molecule has 0 bridgehead atoms. The van der Waals surface area contributed by atoms with Crippen molar-refractivity contribution in [1.29, 1.82) is 0 Å². The maximum absolute atomic E-state index is 12.9. The van der Waals surface area contributed by atoms with Crippen LogP contribution in [0.1, 0.15) is 33.6 Å². The molecule has 30 heavy (non-hydrogen) atoms. The second-order valence-corrected chi connectivity index (χ2v) is 7.21. The van der Waals surface area contributed by atoms with Gasteiger partial charge in [-0.25, -0.2) is 0 Å². The molecule has 4 rings (SSSR count). The van der Waals surface area contributed by atoms with Crippen molar-refractivity contribution in [3.63, 3.8) is 0 Å². The minimum absolute atomic E-state index is 0.00631. The van der Waals surface area contributed by atoms with Gasteiger partial charge in [-0.15, -0.1) is 0 Å². The lowest BCUT2D eigenvalue weighted by molar-refractivity contribution is 0.0697. The molecule has 0 unspecified atom stereocenters. The largest absolute Gasteiger partial charge is 0.497 e. The Balaban J connectivity index is 1.34. The van der Waals surface area contributed by atoms with Crippen LogP contribution in [-0.4, -0.2) is 56.9 Å². The van der Waals surface area contributed by atoms with E-state index in [0.29, 0.717) is 60.1 Å². The highest BCUT2D eigenvalue weighted by Crippen LogP contribution is 2.32. The van der Waals surface area contributed by atoms with E-state index >= 15 is 0 Å². The van der Waals surface area contributed by atoms with Crippen LogP contribution in [0.5, 0.6) is 23.0 Å². The summed E-state index contributed by atoms with van der Waals surface area (Å²) in [5, 5.41) is 3.05. The van der Waals surface area contributed by atoms with E-state index in [2.05, 4.69) is 5.32 Å². The Morgan fingerprint density at radius 3 is 2.27 bits per heavy atom. The molecule has 0 atom stereocenters. The highest BCUT2D eigenvalue weighted by atomic mass is 16.7. The summed E-state index contributed by atoms with van der Waals surface area (Å²) >= 11 is 0. The van der Waals surface area contributed by atoms with Crippen molar-refractivity contribution in [2.75, 3.05) is 34.1 Å². The normalized spacial score (nSPS) is 15.6. The van der Waals surface area contributed by atoms with E-state index in [-0.39, 0.29) is 24.6 Å². The molecular weight excluding hydrogens is 388 g/mol. The van der Waals surface area contributed by atoms with Gasteiger partial charge < -0.3 is 29.2 Å². The van der Waals surface area contributed by atoms with Gasteiger partial charge in [0.25, 0.3) is 11.8 Å². The zero-order valence-corrected chi connectivity index (χ0v) is 17.0. The first-order valence-corrected chi connectivity index (χ1v) is 9.80. The van der Waals surface area contributed by atoms with Crippen LogP contribution in [0.25, 0.3) is 0 Å². The van der Waals surface area contributed by atoms with Gasteiger partial charge in [-0.3, -0.25) is 9.59 Å². The number of nitrogens with zero attached hydrogens (tertiary/aromatic N) is 1. The second-order valence-electron chi connectivity index (χ2n) is 7.21. The molecule has 0 spiro atoms. The summed E-state index contributed by atoms with van der Waals surface area (Å²) in [6.45, 7) is 1.29. The van der Waals surface area contributed by atoms with Crippen LogP contribution in [0.15, 0.2) is 36.4 Å². The quantitative estimate of drug-likeness (QED) is 0.812. The van der Waals surface area contributed by atoms with Crippen LogP contribution >= 0.6 is 0 Å². The molecule has 1 fully saturated rings. The van der Waals surface area contributed by atoms with E-state index in [1.807, 2.05) is 0 Å². The Hall–Kier alpha value is -3.42. The van der Waals surface area contributed by atoms with Crippen LogP contribution in [-0.2, 0) is 0 Å². The van der Waals surface area contributed by atoms with Crippen molar-refractivity contribution in [1.82, 2.24) is 10.2 Å². The summed E-state index contributed by atoms with van der Waals surface area (Å²) in [6, 6.07) is 10.3. The molecule has 0 aromatic heterocycles. The fourth-order valence-corrected chi connectivity index (χ4v) is 3.65. The minimum Gasteiger partial charge on any atom is -0.497 e. The van der Waals surface area contributed by atoms with Crippen molar-refractivity contribution in [3.8, 4) is 23.0 Å². The number of benzene rings is 2. The zero-order valence-electron chi connectivity index (χ0n) is 17.0. The number of carbonyl (C=O) groups excluding carboxylic acids is 2. The van der Waals surface area contributed by atoms with Crippen LogP contribution in [0, 0.1) is 0 Å². The first-order chi connectivity index (χ1) is 14.6. The molecule has 0 saturated carbocycles. The molecule has 2 aromatic rings. The fourth-order valence-electron chi connectivity index (χ4n) is 3.65. The van der Waals surface area contributed by atoms with E-state index in [1.54, 1.807) is 55.5 Å². The molecule has 8 heteroatoms. The van der Waals surface area contributed by atoms with E-state index < -0.39 is 0 Å². The molecule has 2 aliphatic heterocycles. The average Bonchev–Trinajstić information content (AvgIpc) is 3.26. The number of piperidine rings is 1. The molecule has 0 radical (unpaired) electrons. The SMILES string of the molecule is COc1cc(OC)cc(C(=O)N2CCC(NC(=O)c3ccc4c(c3)OCO4)CC2)c1. The van der Waals surface area contributed by atoms with Crippen LogP contribution in [0.4, 0.5) is 0 Å². The van der Waals surface area contributed by atoms with Gasteiger partial charge in [0, 0.05) is 36.3 Å². The Bertz CT molecular complexity index is 930. The van der Waals surface area contributed by atoms with Crippen molar-refractivity contribution < 1.29 is 28.5 Å². The number of nitrogens with one attached hydrogen (secondary N) is 1. The second kappa shape index (κ2) is 8.52. The van der Waals surface area contributed by atoms with Crippen molar-refractivity contribution in [3.05, 3.63) is 47.5 Å². The summed E-state index contributed by atoms with van der Waals surface area (Å²) in [4.78, 5) is 27.3. The Kier molecular flexibility index (Phi) is 5.65. The van der Waals surface area contributed by atoms with Gasteiger partial charge in [-0.05, 0) is 43.2 Å². The molecule has 2 aromatic carbocycles. The third-order valence-electron chi connectivity index (χ3n) is 5.35. The Morgan fingerprint density at radius 2 is 1.60 bits per heavy atom. The molecule has 2 aliphatic rings. The lowest BCUT2D eigenvalue weighted by Gasteiger charge is -2.32. The fraction of sp³-hybridized carbons (Fsp3) is 0.364. The smallest absolute Gasteiger partial charge is 0.254 e. The van der Waals surface area contributed by atoms with Crippen LogP contribution in [0.3, 0.4) is 0 Å². The lowest BCUT2D eigenvalue weighted by Crippen LogP contribution is -2.46. The minimum atomic E-state index is -0.157. The Labute approximate surface area is 174 Å². The van der Waals surface area contributed by atoms with Crippen molar-refractivity contribution in [2.24, 2.45) is 0 Å². The topological polar surface area (TPSA) is 86.3 Å². The number of rotatable bonds is 5. The third kappa shape index (κ3) is 4.12. The number of fused-ring (bicyclic) bond motifs is 1. The number of methoxy groups -OCH3 is 2. The van der Waals surface area contributed by atoms with Gasteiger partial charge in [-0.1, -0.05) is 0 Å². The summed E-state index contributed by atoms with van der Waals surface area (Å²) in [5.41, 5.74) is 1.05. The van der Waals surface area contributed by atoms with Gasteiger partial charge in [0.1, 0.15) is 11.5 Å². The van der Waals surface area contributed by atoms with Crippen molar-refractivity contribution >= 4 is 11.8 Å². The third-order valence-corrected chi connectivity index (χ3v) is 5.35. The van der Waals surface area contributed by atoms with Crippen molar-refractivity contribution in [2.45, 2.75) is 18.9 Å². The van der Waals surface area contributed by atoms with Crippen LogP contribution < -0.4 is 24.3 Å². The van der Waals surface area contributed by atoms with Gasteiger partial charge in [0.15, 0.2) is 11.5 Å². The van der Waals surface area contributed by atoms with E-state index in [1.165, 1.54) is 0 Å². The molecule has 158 valence electrons. The number of likely N-dealkylation sites (tertiary alicyclic amines) is 1. The monoisotopic (exact) mass is 412 g/mol. The first kappa shape index (κ1) is 19.9. The zero-order chi connectivity index (χ0) is 21.1. The molecule has 1 saturated heterocycles. The summed E-state index contributed by atoms with van der Waals surface area (Å²) in [7, 11) is 3.11. The average molecular weight is 412 g/mol. The van der Waals surface area contributed by atoms with Crippen LogP contribution in [0.2, 0.25) is 0 Å².